The van der Waals surface area contributed by atoms with E-state index in [-0.39, 0.29) is 24.6 Å². The van der Waals surface area contributed by atoms with Gasteiger partial charge in [0.25, 0.3) is 11.5 Å². The molecule has 0 bridgehead atoms. The lowest BCUT2D eigenvalue weighted by Crippen LogP contribution is -2.52. The SMILES string of the molecule is CC1CCCC(ONC(=O)C(C)(CCn2ccc(I)cc2=O)S(C)(=O)=O)O1. The summed E-state index contributed by atoms with van der Waals surface area (Å²) < 4.78 is 30.6. The largest absolute Gasteiger partial charge is 0.347 e. The van der Waals surface area contributed by atoms with Gasteiger partial charge in [0.2, 0.25) is 0 Å². The molecule has 1 saturated heterocycles. The van der Waals surface area contributed by atoms with Crippen LogP contribution in [0.3, 0.4) is 0 Å². The van der Waals surface area contributed by atoms with Crippen LogP contribution in [0.2, 0.25) is 0 Å². The molecule has 1 aromatic rings. The number of amides is 1. The quantitative estimate of drug-likeness (QED) is 0.440. The van der Waals surface area contributed by atoms with Gasteiger partial charge in [-0.15, -0.1) is 0 Å². The molecule has 152 valence electrons. The van der Waals surface area contributed by atoms with E-state index in [1.54, 1.807) is 12.3 Å². The van der Waals surface area contributed by atoms with Gasteiger partial charge in [-0.05, 0) is 61.8 Å². The van der Waals surface area contributed by atoms with Gasteiger partial charge in [-0.25, -0.2) is 18.7 Å². The zero-order valence-electron chi connectivity index (χ0n) is 15.6. The molecule has 1 aliphatic rings. The van der Waals surface area contributed by atoms with Gasteiger partial charge < -0.3 is 9.30 Å². The zero-order chi connectivity index (χ0) is 20.2. The fraction of sp³-hybridized carbons (Fsp3) is 0.647. The van der Waals surface area contributed by atoms with Crippen molar-refractivity contribution in [3.63, 3.8) is 0 Å². The van der Waals surface area contributed by atoms with Gasteiger partial charge in [0.15, 0.2) is 20.9 Å². The van der Waals surface area contributed by atoms with Crippen molar-refractivity contribution in [3.8, 4) is 0 Å². The van der Waals surface area contributed by atoms with E-state index < -0.39 is 26.8 Å². The minimum Gasteiger partial charge on any atom is -0.347 e. The molecule has 8 nitrogen and oxygen atoms in total. The van der Waals surface area contributed by atoms with E-state index in [0.717, 1.165) is 22.7 Å². The summed E-state index contributed by atoms with van der Waals surface area (Å²) in [7, 11) is -3.77. The highest BCUT2D eigenvalue weighted by molar-refractivity contribution is 14.1. The number of aryl methyl sites for hydroxylation is 1. The predicted octanol–water partition coefficient (Wildman–Crippen LogP) is 1.61. The maximum absolute atomic E-state index is 12.6. The van der Waals surface area contributed by atoms with Crippen LogP contribution in [-0.4, -0.2) is 42.3 Å². The number of hydroxylamine groups is 1. The van der Waals surface area contributed by atoms with E-state index in [4.69, 9.17) is 9.57 Å². The maximum Gasteiger partial charge on any atom is 0.264 e. The van der Waals surface area contributed by atoms with Gasteiger partial charge in [0.1, 0.15) is 0 Å². The molecule has 1 amide bonds. The molecule has 2 heterocycles. The Morgan fingerprint density at radius 1 is 1.48 bits per heavy atom. The van der Waals surface area contributed by atoms with Crippen LogP contribution in [0.4, 0.5) is 0 Å². The van der Waals surface area contributed by atoms with Gasteiger partial charge in [-0.3, -0.25) is 9.59 Å². The molecule has 3 unspecified atom stereocenters. The predicted molar refractivity (Wildman–Crippen MR) is 109 cm³/mol. The second-order valence-electron chi connectivity index (χ2n) is 6.99. The first-order valence-corrected chi connectivity index (χ1v) is 11.7. The Bertz CT molecular complexity index is 840. The highest BCUT2D eigenvalue weighted by Crippen LogP contribution is 2.23. The van der Waals surface area contributed by atoms with Crippen LogP contribution >= 0.6 is 22.6 Å². The third-order valence-electron chi connectivity index (χ3n) is 4.80. The molecule has 1 aliphatic heterocycles. The smallest absolute Gasteiger partial charge is 0.264 e. The van der Waals surface area contributed by atoms with Crippen molar-refractivity contribution in [1.29, 1.82) is 0 Å². The average molecular weight is 512 g/mol. The molecule has 27 heavy (non-hydrogen) atoms. The Morgan fingerprint density at radius 3 is 2.78 bits per heavy atom. The van der Waals surface area contributed by atoms with E-state index >= 15 is 0 Å². The van der Waals surface area contributed by atoms with Crippen LogP contribution < -0.4 is 11.0 Å². The van der Waals surface area contributed by atoms with Crippen LogP contribution in [0, 0.1) is 3.57 Å². The number of rotatable bonds is 7. The lowest BCUT2D eigenvalue weighted by Gasteiger charge is -2.30. The molecule has 0 aliphatic carbocycles. The number of sulfone groups is 1. The van der Waals surface area contributed by atoms with Crippen molar-refractivity contribution in [2.24, 2.45) is 0 Å². The van der Waals surface area contributed by atoms with Crippen LogP contribution in [-0.2, 0) is 30.8 Å². The first-order chi connectivity index (χ1) is 12.5. The molecule has 0 saturated carbocycles. The normalized spacial score (nSPS) is 22.8. The summed E-state index contributed by atoms with van der Waals surface area (Å²) in [5.74, 6) is -0.773. The van der Waals surface area contributed by atoms with Gasteiger partial charge in [-0.1, -0.05) is 0 Å². The summed E-state index contributed by atoms with van der Waals surface area (Å²) in [5.41, 5.74) is 2.00. The molecule has 2 rings (SSSR count). The Balaban J connectivity index is 2.08. The molecule has 0 radical (unpaired) electrons. The van der Waals surface area contributed by atoms with Crippen molar-refractivity contribution < 1.29 is 22.8 Å². The van der Waals surface area contributed by atoms with Crippen LogP contribution in [0.5, 0.6) is 0 Å². The van der Waals surface area contributed by atoms with Gasteiger partial charge >= 0.3 is 0 Å². The molecule has 1 N–H and O–H groups in total. The second kappa shape index (κ2) is 9.01. The Kier molecular flexibility index (Phi) is 7.45. The molecular weight excluding hydrogens is 487 g/mol. The lowest BCUT2D eigenvalue weighted by molar-refractivity contribution is -0.219. The van der Waals surface area contributed by atoms with Crippen molar-refractivity contribution in [3.05, 3.63) is 32.3 Å². The highest BCUT2D eigenvalue weighted by atomic mass is 127. The number of ether oxygens (including phenoxy) is 1. The summed E-state index contributed by atoms with van der Waals surface area (Å²) in [4.78, 5) is 29.9. The number of aromatic nitrogens is 1. The lowest BCUT2D eigenvalue weighted by atomic mass is 10.1. The Hall–Kier alpha value is -0.980. The zero-order valence-corrected chi connectivity index (χ0v) is 18.6. The molecule has 0 aromatic carbocycles. The number of carbonyl (C=O) groups is 1. The van der Waals surface area contributed by atoms with Gasteiger partial charge in [0.05, 0.1) is 6.10 Å². The van der Waals surface area contributed by atoms with Crippen molar-refractivity contribution >= 4 is 38.3 Å². The molecule has 3 atom stereocenters. The molecule has 10 heteroatoms. The van der Waals surface area contributed by atoms with Crippen molar-refractivity contribution in [2.75, 3.05) is 6.26 Å². The minimum atomic E-state index is -3.77. The number of halogens is 1. The minimum absolute atomic E-state index is 0.0229. The molecule has 1 aromatic heterocycles. The third kappa shape index (κ3) is 5.75. The summed E-state index contributed by atoms with van der Waals surface area (Å²) >= 11 is 2.02. The number of nitrogens with zero attached hydrogens (tertiary/aromatic N) is 1. The summed E-state index contributed by atoms with van der Waals surface area (Å²) in [6.07, 6.45) is 4.39. The molecular formula is C17H25IN2O6S. The van der Waals surface area contributed by atoms with E-state index in [0.29, 0.717) is 6.42 Å². The van der Waals surface area contributed by atoms with Crippen molar-refractivity contribution in [1.82, 2.24) is 10.0 Å². The Morgan fingerprint density at radius 2 is 2.19 bits per heavy atom. The highest BCUT2D eigenvalue weighted by Gasteiger charge is 2.44. The average Bonchev–Trinajstić information content (AvgIpc) is 2.57. The fourth-order valence-electron chi connectivity index (χ4n) is 2.75. The summed E-state index contributed by atoms with van der Waals surface area (Å²) in [6.45, 7) is 3.34. The molecule has 1 fully saturated rings. The number of nitrogens with one attached hydrogen (secondary N) is 1. The second-order valence-corrected chi connectivity index (χ2v) is 10.7. The number of hydrogen-bond donors (Lipinski definition) is 1. The standard InChI is InChI=1S/C17H25IN2O6S/c1-12-5-4-6-15(25-12)26-19-16(22)17(2,27(3,23)24)8-10-20-9-7-13(18)11-14(20)21/h7,9,11-12,15H,4-6,8,10H2,1-3H3,(H,19,22). The van der Waals surface area contributed by atoms with E-state index in [1.165, 1.54) is 17.6 Å². The van der Waals surface area contributed by atoms with Crippen LogP contribution in [0.25, 0.3) is 0 Å². The monoisotopic (exact) mass is 512 g/mol. The Labute approximate surface area is 172 Å². The fourth-order valence-corrected chi connectivity index (χ4v) is 4.02. The van der Waals surface area contributed by atoms with Gasteiger partial charge in [0, 0.05) is 35.1 Å². The number of pyridine rings is 1. The van der Waals surface area contributed by atoms with E-state index in [9.17, 15) is 18.0 Å². The summed E-state index contributed by atoms with van der Waals surface area (Å²) in [5, 5.41) is 0. The third-order valence-corrected chi connectivity index (χ3v) is 7.50. The topological polar surface area (TPSA) is 104 Å². The van der Waals surface area contributed by atoms with Crippen LogP contribution in [0.1, 0.15) is 39.5 Å². The first-order valence-electron chi connectivity index (χ1n) is 8.70. The van der Waals surface area contributed by atoms with E-state index in [2.05, 4.69) is 5.48 Å². The maximum atomic E-state index is 12.6. The van der Waals surface area contributed by atoms with E-state index in [1.807, 2.05) is 29.5 Å². The first kappa shape index (κ1) is 22.3. The van der Waals surface area contributed by atoms with Crippen LogP contribution in [0.15, 0.2) is 23.1 Å². The number of carbonyl (C=O) groups excluding carboxylic acids is 1. The van der Waals surface area contributed by atoms with Gasteiger partial charge in [-0.2, -0.15) is 0 Å². The summed E-state index contributed by atoms with van der Waals surface area (Å²) in [6, 6.07) is 3.19. The number of hydrogen-bond acceptors (Lipinski definition) is 6. The van der Waals surface area contributed by atoms with Crippen molar-refractivity contribution in [2.45, 2.75) is 63.2 Å². The molecule has 0 spiro atoms.